The van der Waals surface area contributed by atoms with Crippen LogP contribution in [0.25, 0.3) is 10.2 Å². The van der Waals surface area contributed by atoms with Crippen molar-refractivity contribution in [3.8, 4) is 0 Å². The molecule has 0 aliphatic heterocycles. The van der Waals surface area contributed by atoms with E-state index in [-0.39, 0.29) is 10.4 Å². The number of hydrogen-bond acceptors (Lipinski definition) is 3. The second-order valence-electron chi connectivity index (χ2n) is 2.35. The van der Waals surface area contributed by atoms with E-state index in [1.54, 1.807) is 0 Å². The third kappa shape index (κ3) is 1.48. The Labute approximate surface area is 79.5 Å². The molecule has 0 aliphatic carbocycles. The van der Waals surface area contributed by atoms with Crippen LogP contribution in [-0.4, -0.2) is 13.7 Å². The minimum atomic E-state index is -2.14. The molecular weight excluding hydrogens is 213 g/mol. The zero-order chi connectivity index (χ0) is 9.42. The van der Waals surface area contributed by atoms with Gasteiger partial charge in [-0.25, -0.2) is 13.6 Å². The highest BCUT2D eigenvalue weighted by Gasteiger charge is 2.08. The minimum Gasteiger partial charge on any atom is -0.302 e. The molecule has 0 saturated heterocycles. The summed E-state index contributed by atoms with van der Waals surface area (Å²) in [7, 11) is 0. The molecule has 6 heteroatoms. The fraction of sp³-hybridized carbons (Fsp3) is 0. The number of nitrogens with zero attached hydrogens (tertiary/aromatic N) is 1. The smallest absolute Gasteiger partial charge is 0.186 e. The number of rotatable bonds is 1. The molecule has 1 atom stereocenters. The first-order chi connectivity index (χ1) is 6.18. The summed E-state index contributed by atoms with van der Waals surface area (Å²) in [5, 5.41) is 0. The summed E-state index contributed by atoms with van der Waals surface area (Å²) in [6.45, 7) is 0. The molecule has 0 saturated carbocycles. The molecule has 1 N–H and O–H groups in total. The standard InChI is InChI=1S/C7H4FNO2S2/c8-5-1-4(13(10)11)2-6-7(5)9-3-12-6/h1-3H,(H,10,11). The predicted octanol–water partition coefficient (Wildman–Crippen LogP) is 2.02. The van der Waals surface area contributed by atoms with Crippen LogP contribution >= 0.6 is 11.3 Å². The average molecular weight is 217 g/mol. The minimum absolute atomic E-state index is 0.0641. The summed E-state index contributed by atoms with van der Waals surface area (Å²) in [5.74, 6) is -0.559. The molecule has 1 aromatic carbocycles. The summed E-state index contributed by atoms with van der Waals surface area (Å²) in [6.07, 6.45) is 0. The van der Waals surface area contributed by atoms with Crippen LogP contribution in [0.4, 0.5) is 4.39 Å². The van der Waals surface area contributed by atoms with E-state index in [4.69, 9.17) is 4.55 Å². The van der Waals surface area contributed by atoms with Gasteiger partial charge in [0, 0.05) is 0 Å². The molecule has 1 aromatic heterocycles. The lowest BCUT2D eigenvalue weighted by Crippen LogP contribution is -1.89. The number of halogens is 1. The van der Waals surface area contributed by atoms with Crippen molar-refractivity contribution in [3.63, 3.8) is 0 Å². The largest absolute Gasteiger partial charge is 0.302 e. The monoisotopic (exact) mass is 217 g/mol. The molecule has 2 rings (SSSR count). The van der Waals surface area contributed by atoms with Gasteiger partial charge in [0.1, 0.15) is 5.52 Å². The fourth-order valence-corrected chi connectivity index (χ4v) is 2.23. The van der Waals surface area contributed by atoms with Crippen molar-refractivity contribution in [1.82, 2.24) is 4.98 Å². The van der Waals surface area contributed by atoms with Gasteiger partial charge in [-0.2, -0.15) is 0 Å². The van der Waals surface area contributed by atoms with Crippen LogP contribution < -0.4 is 0 Å². The number of aromatic nitrogens is 1. The maximum atomic E-state index is 13.1. The highest BCUT2D eigenvalue weighted by molar-refractivity contribution is 7.79. The van der Waals surface area contributed by atoms with E-state index in [0.29, 0.717) is 4.70 Å². The third-order valence-corrected chi connectivity index (χ3v) is 2.98. The highest BCUT2D eigenvalue weighted by atomic mass is 32.2. The quantitative estimate of drug-likeness (QED) is 0.743. The Hall–Kier alpha value is -0.850. The number of fused-ring (bicyclic) bond motifs is 1. The number of thiazole rings is 1. The van der Waals surface area contributed by atoms with Crippen molar-refractivity contribution in [2.45, 2.75) is 4.90 Å². The molecule has 3 nitrogen and oxygen atoms in total. The van der Waals surface area contributed by atoms with Gasteiger partial charge < -0.3 is 4.55 Å². The lowest BCUT2D eigenvalue weighted by atomic mass is 10.3. The molecule has 2 aromatic rings. The van der Waals surface area contributed by atoms with Gasteiger partial charge in [0.05, 0.1) is 15.1 Å². The lowest BCUT2D eigenvalue weighted by molar-refractivity contribution is 0.562. The Morgan fingerprint density at radius 3 is 3.00 bits per heavy atom. The SMILES string of the molecule is O=S(O)c1cc(F)c2ncsc2c1. The van der Waals surface area contributed by atoms with E-state index in [1.165, 1.54) is 22.9 Å². The van der Waals surface area contributed by atoms with Gasteiger partial charge >= 0.3 is 0 Å². The van der Waals surface area contributed by atoms with Crippen molar-refractivity contribution in [2.24, 2.45) is 0 Å². The third-order valence-electron chi connectivity index (χ3n) is 1.57. The second kappa shape index (κ2) is 3.13. The zero-order valence-electron chi connectivity index (χ0n) is 6.23. The van der Waals surface area contributed by atoms with Gasteiger partial charge in [0.25, 0.3) is 0 Å². The van der Waals surface area contributed by atoms with Gasteiger partial charge in [-0.1, -0.05) is 0 Å². The molecule has 0 bridgehead atoms. The molecule has 0 radical (unpaired) electrons. The molecule has 13 heavy (non-hydrogen) atoms. The van der Waals surface area contributed by atoms with Crippen LogP contribution in [0.15, 0.2) is 22.5 Å². The van der Waals surface area contributed by atoms with Gasteiger partial charge in [-0.15, -0.1) is 11.3 Å². The van der Waals surface area contributed by atoms with Crippen molar-refractivity contribution >= 4 is 32.6 Å². The Bertz CT molecular complexity index is 482. The van der Waals surface area contributed by atoms with Crippen LogP contribution in [0.1, 0.15) is 0 Å². The van der Waals surface area contributed by atoms with E-state index in [1.807, 2.05) is 0 Å². The van der Waals surface area contributed by atoms with E-state index in [9.17, 15) is 8.60 Å². The molecule has 0 aliphatic rings. The summed E-state index contributed by atoms with van der Waals surface area (Å²) < 4.78 is 33.1. The van der Waals surface area contributed by atoms with E-state index in [0.717, 1.165) is 6.07 Å². The molecule has 68 valence electrons. The summed E-state index contributed by atoms with van der Waals surface area (Å²) in [4.78, 5) is 3.85. The van der Waals surface area contributed by atoms with Crippen LogP contribution in [-0.2, 0) is 11.1 Å². The van der Waals surface area contributed by atoms with Crippen LogP contribution in [0.5, 0.6) is 0 Å². The average Bonchev–Trinajstić information content (AvgIpc) is 2.51. The number of hydrogen-bond donors (Lipinski definition) is 1. The molecule has 1 heterocycles. The fourth-order valence-electron chi connectivity index (χ4n) is 1.00. The van der Waals surface area contributed by atoms with Crippen LogP contribution in [0.3, 0.4) is 0 Å². The predicted molar refractivity (Wildman–Crippen MR) is 48.6 cm³/mol. The van der Waals surface area contributed by atoms with Crippen molar-refractivity contribution in [3.05, 3.63) is 23.5 Å². The van der Waals surface area contributed by atoms with Crippen molar-refractivity contribution in [1.29, 1.82) is 0 Å². The normalized spacial score (nSPS) is 13.4. The molecule has 0 spiro atoms. The van der Waals surface area contributed by atoms with E-state index >= 15 is 0 Å². The first-order valence-corrected chi connectivity index (χ1v) is 5.31. The van der Waals surface area contributed by atoms with Crippen molar-refractivity contribution < 1.29 is 13.2 Å². The molecule has 0 amide bonds. The Balaban J connectivity index is 2.77. The van der Waals surface area contributed by atoms with Crippen LogP contribution in [0.2, 0.25) is 0 Å². The Kier molecular flexibility index (Phi) is 2.10. The summed E-state index contributed by atoms with van der Waals surface area (Å²) in [5.41, 5.74) is 1.75. The summed E-state index contributed by atoms with van der Waals surface area (Å²) in [6, 6.07) is 2.49. The Morgan fingerprint density at radius 1 is 1.54 bits per heavy atom. The summed E-state index contributed by atoms with van der Waals surface area (Å²) >= 11 is -0.904. The van der Waals surface area contributed by atoms with Gasteiger partial charge in [-0.05, 0) is 12.1 Å². The molecule has 1 unspecified atom stereocenters. The maximum Gasteiger partial charge on any atom is 0.186 e. The van der Waals surface area contributed by atoms with E-state index < -0.39 is 16.9 Å². The molecule has 0 fully saturated rings. The molecular formula is C7H4FNO2S2. The lowest BCUT2D eigenvalue weighted by Gasteiger charge is -1.95. The first kappa shape index (κ1) is 8.74. The van der Waals surface area contributed by atoms with Gasteiger partial charge in [0.15, 0.2) is 16.9 Å². The highest BCUT2D eigenvalue weighted by Crippen LogP contribution is 2.23. The van der Waals surface area contributed by atoms with E-state index in [2.05, 4.69) is 4.98 Å². The number of benzene rings is 1. The van der Waals surface area contributed by atoms with Gasteiger partial charge in [0.2, 0.25) is 0 Å². The van der Waals surface area contributed by atoms with Gasteiger partial charge in [-0.3, -0.25) is 0 Å². The topological polar surface area (TPSA) is 50.2 Å². The zero-order valence-corrected chi connectivity index (χ0v) is 7.86. The Morgan fingerprint density at radius 2 is 2.31 bits per heavy atom. The second-order valence-corrected chi connectivity index (χ2v) is 4.21. The van der Waals surface area contributed by atoms with Crippen molar-refractivity contribution in [2.75, 3.05) is 0 Å². The maximum absolute atomic E-state index is 13.1. The first-order valence-electron chi connectivity index (χ1n) is 3.32. The van der Waals surface area contributed by atoms with Crippen LogP contribution in [0, 0.1) is 5.82 Å².